The standard InChI is InChI=1S/C54H34N6O/c1-29-15-17-45-35(21-29)36-22-30(2)16-18-46(36)60(45)32-24-44-52(59-28-32)51-43(23-31(55)27-58-51)54(44)38-11-5-6-14-47(38)61-48-26-41-34(25-42(48)54)33-9-3-4-10-37(33)53(41)39-12-7-19-56-49(39)50-40(53)13-8-20-57-50/h3-28H,55H2,1-2H3. The van der Waals surface area contributed by atoms with E-state index in [1.54, 1.807) is 6.20 Å². The lowest BCUT2D eigenvalue weighted by atomic mass is 9.65. The monoisotopic (exact) mass is 782 g/mol. The van der Waals surface area contributed by atoms with Gasteiger partial charge in [-0.2, -0.15) is 0 Å². The minimum absolute atomic E-state index is 0.592. The number of fused-ring (bicyclic) bond motifs is 22. The van der Waals surface area contributed by atoms with Crippen LogP contribution in [0, 0.1) is 13.8 Å². The zero-order valence-electron chi connectivity index (χ0n) is 33.2. The van der Waals surface area contributed by atoms with Crippen LogP contribution >= 0.6 is 0 Å². The summed E-state index contributed by atoms with van der Waals surface area (Å²) in [6.45, 7) is 4.31. The van der Waals surface area contributed by atoms with E-state index in [0.29, 0.717) is 5.69 Å². The fraction of sp³-hybridized carbons (Fsp3) is 0.0741. The van der Waals surface area contributed by atoms with Gasteiger partial charge in [0.2, 0.25) is 0 Å². The molecule has 3 aliphatic carbocycles. The molecule has 5 aromatic heterocycles. The van der Waals surface area contributed by atoms with Gasteiger partial charge in [-0.15, -0.1) is 0 Å². The van der Waals surface area contributed by atoms with Crippen LogP contribution < -0.4 is 10.5 Å². The number of ether oxygens (including phenoxy) is 1. The summed E-state index contributed by atoms with van der Waals surface area (Å²) in [6, 6.07) is 48.3. The lowest BCUT2D eigenvalue weighted by Gasteiger charge is -2.40. The first kappa shape index (κ1) is 33.0. The maximum atomic E-state index is 7.16. The fourth-order valence-corrected chi connectivity index (χ4v) is 11.6. The molecule has 2 spiro atoms. The van der Waals surface area contributed by atoms with Gasteiger partial charge in [-0.3, -0.25) is 19.9 Å². The van der Waals surface area contributed by atoms with Gasteiger partial charge in [0, 0.05) is 45.4 Å². The summed E-state index contributed by atoms with van der Waals surface area (Å²) in [5.74, 6) is 1.56. The van der Waals surface area contributed by atoms with E-state index < -0.39 is 10.8 Å². The number of hydrogen-bond acceptors (Lipinski definition) is 6. The third-order valence-electron chi connectivity index (χ3n) is 13.9. The van der Waals surface area contributed by atoms with Gasteiger partial charge in [0.15, 0.2) is 0 Å². The van der Waals surface area contributed by atoms with Crippen molar-refractivity contribution in [1.29, 1.82) is 0 Å². The van der Waals surface area contributed by atoms with Crippen molar-refractivity contribution >= 4 is 27.5 Å². The minimum Gasteiger partial charge on any atom is -0.457 e. The summed E-state index contributed by atoms with van der Waals surface area (Å²) in [4.78, 5) is 20.3. The quantitative estimate of drug-likeness (QED) is 0.178. The number of pyridine rings is 4. The van der Waals surface area contributed by atoms with Gasteiger partial charge in [-0.25, -0.2) is 0 Å². The van der Waals surface area contributed by atoms with Gasteiger partial charge in [0.25, 0.3) is 0 Å². The Labute approximate surface area is 350 Å². The first-order valence-corrected chi connectivity index (χ1v) is 20.7. The highest BCUT2D eigenvalue weighted by molar-refractivity contribution is 6.10. The Bertz CT molecular complexity index is 3540. The Morgan fingerprint density at radius 1 is 0.459 bits per heavy atom. The molecule has 14 rings (SSSR count). The predicted octanol–water partition coefficient (Wildman–Crippen LogP) is 11.4. The zero-order chi connectivity index (χ0) is 40.4. The Balaban J connectivity index is 1.11. The molecule has 2 N–H and O–H groups in total. The van der Waals surface area contributed by atoms with Crippen LogP contribution in [0.3, 0.4) is 0 Å². The maximum absolute atomic E-state index is 7.16. The van der Waals surface area contributed by atoms with Crippen LogP contribution in [-0.4, -0.2) is 24.5 Å². The topological polar surface area (TPSA) is 91.7 Å². The molecule has 10 aromatic rings. The highest BCUT2D eigenvalue weighted by Crippen LogP contribution is 2.67. The second kappa shape index (κ2) is 11.2. The predicted molar refractivity (Wildman–Crippen MR) is 240 cm³/mol. The number of para-hydroxylation sites is 1. The minimum atomic E-state index is -0.875. The normalized spacial score (nSPS) is 16.4. The summed E-state index contributed by atoms with van der Waals surface area (Å²) >= 11 is 0. The molecule has 0 radical (unpaired) electrons. The van der Waals surface area contributed by atoms with Gasteiger partial charge < -0.3 is 15.0 Å². The lowest BCUT2D eigenvalue weighted by Crippen LogP contribution is -2.33. The van der Waals surface area contributed by atoms with Crippen molar-refractivity contribution in [2.45, 2.75) is 24.7 Å². The molecule has 1 aliphatic heterocycles. The van der Waals surface area contributed by atoms with Gasteiger partial charge in [0.1, 0.15) is 11.5 Å². The molecule has 7 heteroatoms. The van der Waals surface area contributed by atoms with Crippen molar-refractivity contribution in [3.8, 4) is 51.1 Å². The molecule has 286 valence electrons. The average Bonchev–Trinajstić information content (AvgIpc) is 3.96. The number of aromatic nitrogens is 5. The fourth-order valence-electron chi connectivity index (χ4n) is 11.6. The van der Waals surface area contributed by atoms with Gasteiger partial charge in [-0.1, -0.05) is 77.9 Å². The molecule has 0 bridgehead atoms. The van der Waals surface area contributed by atoms with Crippen LogP contribution in [0.25, 0.3) is 61.4 Å². The highest BCUT2D eigenvalue weighted by atomic mass is 16.5. The van der Waals surface area contributed by atoms with Crippen molar-refractivity contribution in [3.05, 3.63) is 214 Å². The molecule has 0 fully saturated rings. The smallest absolute Gasteiger partial charge is 0.132 e. The molecule has 1 unspecified atom stereocenters. The molecular weight excluding hydrogens is 749 g/mol. The largest absolute Gasteiger partial charge is 0.457 e. The number of rotatable bonds is 1. The second-order valence-corrected chi connectivity index (χ2v) is 17.0. The Hall–Kier alpha value is -7.90. The van der Waals surface area contributed by atoms with Gasteiger partial charge >= 0.3 is 0 Å². The van der Waals surface area contributed by atoms with Crippen LogP contribution in [-0.2, 0) is 10.8 Å². The summed E-state index contributed by atoms with van der Waals surface area (Å²) in [5.41, 5.74) is 26.0. The lowest BCUT2D eigenvalue weighted by molar-refractivity contribution is 0.435. The number of nitrogens with zero attached hydrogens (tertiary/aromatic N) is 5. The van der Waals surface area contributed by atoms with Gasteiger partial charge in [0.05, 0.1) is 68.4 Å². The molecule has 0 amide bonds. The number of nitrogens with two attached hydrogens (primary N) is 1. The molecule has 4 aliphatic rings. The van der Waals surface area contributed by atoms with E-state index >= 15 is 0 Å². The van der Waals surface area contributed by atoms with E-state index in [9.17, 15) is 0 Å². The van der Waals surface area contributed by atoms with E-state index in [1.807, 2.05) is 36.8 Å². The third-order valence-corrected chi connectivity index (χ3v) is 13.9. The molecular formula is C54H34N6O. The SMILES string of the molecule is Cc1ccc2c(c1)c1cc(C)ccc1n2-c1cnc2c(c1)C1(c3ccccc3Oc3cc4c(cc31)-c1ccccc1C41c3cccnc3-c3ncccc31)c1cc(N)cnc1-2. The highest BCUT2D eigenvalue weighted by Gasteiger charge is 2.57. The van der Waals surface area contributed by atoms with Crippen LogP contribution in [0.4, 0.5) is 5.69 Å². The van der Waals surface area contributed by atoms with Gasteiger partial charge in [-0.05, 0) is 114 Å². The van der Waals surface area contributed by atoms with Crippen LogP contribution in [0.5, 0.6) is 11.5 Å². The molecule has 6 heterocycles. The molecule has 0 saturated carbocycles. The summed E-state index contributed by atoms with van der Waals surface area (Å²) in [7, 11) is 0. The molecule has 61 heavy (non-hydrogen) atoms. The van der Waals surface area contributed by atoms with Crippen molar-refractivity contribution in [3.63, 3.8) is 0 Å². The first-order chi connectivity index (χ1) is 30.0. The number of hydrogen-bond donors (Lipinski definition) is 1. The maximum Gasteiger partial charge on any atom is 0.132 e. The summed E-state index contributed by atoms with van der Waals surface area (Å²) in [6.07, 6.45) is 7.49. The zero-order valence-corrected chi connectivity index (χ0v) is 33.2. The van der Waals surface area contributed by atoms with Crippen molar-refractivity contribution in [1.82, 2.24) is 24.5 Å². The van der Waals surface area contributed by atoms with E-state index in [-0.39, 0.29) is 0 Å². The molecule has 5 aromatic carbocycles. The summed E-state index contributed by atoms with van der Waals surface area (Å²) < 4.78 is 9.52. The van der Waals surface area contributed by atoms with Crippen molar-refractivity contribution in [2.24, 2.45) is 0 Å². The second-order valence-electron chi connectivity index (χ2n) is 17.0. The molecule has 7 nitrogen and oxygen atoms in total. The van der Waals surface area contributed by atoms with Crippen LogP contribution in [0.2, 0.25) is 0 Å². The Morgan fingerprint density at radius 2 is 1.05 bits per heavy atom. The molecule has 0 saturated heterocycles. The van der Waals surface area contributed by atoms with E-state index in [2.05, 4.69) is 134 Å². The number of aryl methyl sites for hydroxylation is 2. The van der Waals surface area contributed by atoms with Crippen LogP contribution in [0.1, 0.15) is 55.6 Å². The van der Waals surface area contributed by atoms with Crippen molar-refractivity contribution in [2.75, 3.05) is 5.73 Å². The van der Waals surface area contributed by atoms with Crippen molar-refractivity contribution < 1.29 is 4.74 Å². The van der Waals surface area contributed by atoms with E-state index in [1.165, 1.54) is 33.0 Å². The Morgan fingerprint density at radius 3 is 1.77 bits per heavy atom. The van der Waals surface area contributed by atoms with E-state index in [0.717, 1.165) is 95.5 Å². The third kappa shape index (κ3) is 3.86. The Kier molecular flexibility index (Phi) is 6.07. The number of benzene rings is 5. The van der Waals surface area contributed by atoms with E-state index in [4.69, 9.17) is 30.4 Å². The summed E-state index contributed by atoms with van der Waals surface area (Å²) in [5, 5.41) is 2.44. The number of anilines is 1. The van der Waals surface area contributed by atoms with Crippen LogP contribution in [0.15, 0.2) is 158 Å². The average molecular weight is 783 g/mol. The molecule has 1 atom stereocenters. The first-order valence-electron chi connectivity index (χ1n) is 20.7. The number of nitrogen functional groups attached to an aromatic ring is 1.